The number of benzene rings is 1. The molecule has 0 radical (unpaired) electrons. The van der Waals surface area contributed by atoms with Crippen molar-refractivity contribution in [1.29, 1.82) is 0 Å². The maximum atomic E-state index is 12.9. The van der Waals surface area contributed by atoms with E-state index in [0.29, 0.717) is 25.3 Å². The first-order chi connectivity index (χ1) is 12.1. The first-order valence-corrected chi connectivity index (χ1v) is 9.35. The molecule has 5 nitrogen and oxygen atoms in total. The van der Waals surface area contributed by atoms with E-state index in [1.54, 1.807) is 11.8 Å². The van der Waals surface area contributed by atoms with Gasteiger partial charge in [0, 0.05) is 18.7 Å². The van der Waals surface area contributed by atoms with Crippen molar-refractivity contribution in [2.45, 2.75) is 46.0 Å². The molecular formula is C21H34N2O3. The number of hydrogen-bond donors (Lipinski definition) is 0. The standard InChI is InChI=1S/C21H34N2O3/c1-7-26-19(24)13-16-23(15-8-14-22(5)6)20(25)17-9-11-18(12-10-17)21(2,3)4/h9-12H,7-8,13-16H2,1-6H3. The summed E-state index contributed by atoms with van der Waals surface area (Å²) in [6.07, 6.45) is 1.09. The van der Waals surface area contributed by atoms with Crippen molar-refractivity contribution in [1.82, 2.24) is 9.80 Å². The van der Waals surface area contributed by atoms with Crippen LogP contribution in [0.5, 0.6) is 0 Å². The summed E-state index contributed by atoms with van der Waals surface area (Å²) in [6.45, 7) is 10.5. The van der Waals surface area contributed by atoms with E-state index in [9.17, 15) is 9.59 Å². The van der Waals surface area contributed by atoms with Gasteiger partial charge in [-0.1, -0.05) is 32.9 Å². The summed E-state index contributed by atoms with van der Waals surface area (Å²) in [5, 5.41) is 0. The molecule has 0 fully saturated rings. The van der Waals surface area contributed by atoms with E-state index in [-0.39, 0.29) is 23.7 Å². The molecule has 0 heterocycles. The molecule has 0 aromatic heterocycles. The van der Waals surface area contributed by atoms with E-state index in [2.05, 4.69) is 25.7 Å². The van der Waals surface area contributed by atoms with Crippen molar-refractivity contribution < 1.29 is 14.3 Å². The van der Waals surface area contributed by atoms with Crippen molar-refractivity contribution in [3.63, 3.8) is 0 Å². The van der Waals surface area contributed by atoms with Gasteiger partial charge in [0.25, 0.3) is 5.91 Å². The summed E-state index contributed by atoms with van der Waals surface area (Å²) >= 11 is 0. The Morgan fingerprint density at radius 3 is 2.12 bits per heavy atom. The van der Waals surface area contributed by atoms with Crippen molar-refractivity contribution in [2.24, 2.45) is 0 Å². The number of carbonyl (C=O) groups is 2. The van der Waals surface area contributed by atoms with E-state index in [1.165, 1.54) is 5.56 Å². The van der Waals surface area contributed by atoms with Gasteiger partial charge in [0.15, 0.2) is 0 Å². The summed E-state index contributed by atoms with van der Waals surface area (Å²) in [6, 6.07) is 7.78. The second kappa shape index (κ2) is 10.3. The van der Waals surface area contributed by atoms with E-state index in [0.717, 1.165) is 13.0 Å². The molecule has 0 aliphatic rings. The van der Waals surface area contributed by atoms with Gasteiger partial charge in [-0.2, -0.15) is 0 Å². The van der Waals surface area contributed by atoms with Gasteiger partial charge in [-0.05, 0) is 57.1 Å². The lowest BCUT2D eigenvalue weighted by Gasteiger charge is -2.24. The SMILES string of the molecule is CCOC(=O)CCN(CCCN(C)C)C(=O)c1ccc(C(C)(C)C)cc1. The molecule has 0 saturated heterocycles. The quantitative estimate of drug-likeness (QED) is 0.632. The lowest BCUT2D eigenvalue weighted by Crippen LogP contribution is -2.35. The molecular weight excluding hydrogens is 328 g/mol. The molecule has 0 atom stereocenters. The Hall–Kier alpha value is -1.88. The van der Waals surface area contributed by atoms with Gasteiger partial charge in [0.1, 0.15) is 0 Å². The molecule has 1 rings (SSSR count). The maximum Gasteiger partial charge on any atom is 0.307 e. The van der Waals surface area contributed by atoms with Crippen LogP contribution in [0.4, 0.5) is 0 Å². The second-order valence-electron chi connectivity index (χ2n) is 7.83. The molecule has 0 unspecified atom stereocenters. The number of esters is 1. The summed E-state index contributed by atoms with van der Waals surface area (Å²) in [5.41, 5.74) is 1.91. The van der Waals surface area contributed by atoms with Crippen molar-refractivity contribution >= 4 is 11.9 Å². The molecule has 0 N–H and O–H groups in total. The highest BCUT2D eigenvalue weighted by atomic mass is 16.5. The lowest BCUT2D eigenvalue weighted by molar-refractivity contribution is -0.143. The van der Waals surface area contributed by atoms with E-state index in [4.69, 9.17) is 4.74 Å². The Morgan fingerprint density at radius 1 is 1.00 bits per heavy atom. The molecule has 1 aromatic rings. The smallest absolute Gasteiger partial charge is 0.307 e. The van der Waals surface area contributed by atoms with Crippen LogP contribution in [0.1, 0.15) is 56.5 Å². The van der Waals surface area contributed by atoms with Gasteiger partial charge >= 0.3 is 5.97 Å². The average Bonchev–Trinajstić information content (AvgIpc) is 2.56. The summed E-state index contributed by atoms with van der Waals surface area (Å²) in [5.74, 6) is -0.297. The van der Waals surface area contributed by atoms with Gasteiger partial charge < -0.3 is 14.5 Å². The molecule has 0 saturated carbocycles. The van der Waals surface area contributed by atoms with Gasteiger partial charge in [-0.15, -0.1) is 0 Å². The first-order valence-electron chi connectivity index (χ1n) is 9.35. The van der Waals surface area contributed by atoms with Gasteiger partial charge in [-0.3, -0.25) is 9.59 Å². The van der Waals surface area contributed by atoms with E-state index >= 15 is 0 Å². The average molecular weight is 363 g/mol. The summed E-state index contributed by atoms with van der Waals surface area (Å²) in [7, 11) is 4.02. The van der Waals surface area contributed by atoms with Crippen molar-refractivity contribution in [2.75, 3.05) is 40.3 Å². The predicted octanol–water partition coefficient (Wildman–Crippen LogP) is 3.33. The molecule has 0 aliphatic heterocycles. The zero-order valence-corrected chi connectivity index (χ0v) is 17.2. The van der Waals surface area contributed by atoms with Crippen LogP contribution in [0.25, 0.3) is 0 Å². The highest BCUT2D eigenvalue weighted by molar-refractivity contribution is 5.94. The minimum Gasteiger partial charge on any atom is -0.466 e. The molecule has 0 aliphatic carbocycles. The molecule has 0 spiro atoms. The third-order valence-corrected chi connectivity index (χ3v) is 4.21. The predicted molar refractivity (Wildman–Crippen MR) is 105 cm³/mol. The number of amides is 1. The summed E-state index contributed by atoms with van der Waals surface area (Å²) in [4.78, 5) is 28.4. The molecule has 1 amide bonds. The third kappa shape index (κ3) is 7.56. The lowest BCUT2D eigenvalue weighted by atomic mass is 9.86. The Morgan fingerprint density at radius 2 is 1.62 bits per heavy atom. The Balaban J connectivity index is 2.82. The highest BCUT2D eigenvalue weighted by Crippen LogP contribution is 2.22. The zero-order valence-electron chi connectivity index (χ0n) is 17.2. The highest BCUT2D eigenvalue weighted by Gasteiger charge is 2.19. The maximum absolute atomic E-state index is 12.9. The van der Waals surface area contributed by atoms with Gasteiger partial charge in [0.2, 0.25) is 0 Å². The zero-order chi connectivity index (χ0) is 19.7. The van der Waals surface area contributed by atoms with Crippen LogP contribution in [0, 0.1) is 0 Å². The Kier molecular flexibility index (Phi) is 8.79. The monoisotopic (exact) mass is 362 g/mol. The normalized spacial score (nSPS) is 11.5. The number of rotatable bonds is 9. The van der Waals surface area contributed by atoms with Crippen LogP contribution in [-0.2, 0) is 14.9 Å². The molecule has 1 aromatic carbocycles. The van der Waals surface area contributed by atoms with Crippen LogP contribution in [0.2, 0.25) is 0 Å². The number of hydrogen-bond acceptors (Lipinski definition) is 4. The fourth-order valence-electron chi connectivity index (χ4n) is 2.65. The second-order valence-corrected chi connectivity index (χ2v) is 7.83. The summed E-state index contributed by atoms with van der Waals surface area (Å²) < 4.78 is 4.99. The molecule has 26 heavy (non-hydrogen) atoms. The number of ether oxygens (including phenoxy) is 1. The Labute approximate surface area is 158 Å². The molecule has 5 heteroatoms. The van der Waals surface area contributed by atoms with Gasteiger partial charge in [0.05, 0.1) is 13.0 Å². The molecule has 146 valence electrons. The Bertz CT molecular complexity index is 574. The topological polar surface area (TPSA) is 49.9 Å². The fraction of sp³-hybridized carbons (Fsp3) is 0.619. The molecule has 0 bridgehead atoms. The van der Waals surface area contributed by atoms with Gasteiger partial charge in [-0.25, -0.2) is 0 Å². The third-order valence-electron chi connectivity index (χ3n) is 4.21. The van der Waals surface area contributed by atoms with E-state index < -0.39 is 0 Å². The van der Waals surface area contributed by atoms with Crippen LogP contribution in [-0.4, -0.2) is 62.0 Å². The first kappa shape index (κ1) is 22.2. The van der Waals surface area contributed by atoms with Crippen LogP contribution < -0.4 is 0 Å². The van der Waals surface area contributed by atoms with Crippen molar-refractivity contribution in [3.05, 3.63) is 35.4 Å². The van der Waals surface area contributed by atoms with Crippen molar-refractivity contribution in [3.8, 4) is 0 Å². The van der Waals surface area contributed by atoms with E-state index in [1.807, 2.05) is 38.4 Å². The largest absolute Gasteiger partial charge is 0.466 e. The number of nitrogens with zero attached hydrogens (tertiary/aromatic N) is 2. The minimum atomic E-state index is -0.263. The number of carbonyl (C=O) groups excluding carboxylic acids is 2. The minimum absolute atomic E-state index is 0.0338. The van der Waals surface area contributed by atoms with Crippen LogP contribution in [0.3, 0.4) is 0 Å². The fourth-order valence-corrected chi connectivity index (χ4v) is 2.65. The van der Waals surface area contributed by atoms with Crippen LogP contribution >= 0.6 is 0 Å². The van der Waals surface area contributed by atoms with Crippen LogP contribution in [0.15, 0.2) is 24.3 Å².